The average Bonchev–Trinajstić information content (AvgIpc) is 2.15. The first-order valence-electron chi connectivity index (χ1n) is 3.45. The van der Waals surface area contributed by atoms with E-state index >= 15 is 0 Å². The number of nitrogens with two attached hydrogens (primary N) is 1. The molecule has 1 fully saturated rings. The van der Waals surface area contributed by atoms with Gasteiger partial charge in [0.25, 0.3) is 5.91 Å². The zero-order valence-electron chi connectivity index (χ0n) is 6.87. The van der Waals surface area contributed by atoms with E-state index in [0.29, 0.717) is 0 Å². The van der Waals surface area contributed by atoms with Crippen molar-refractivity contribution >= 4 is 23.7 Å². The van der Waals surface area contributed by atoms with Gasteiger partial charge in [-0.25, -0.2) is 14.1 Å². The Morgan fingerprint density at radius 1 is 1.50 bits per heavy atom. The summed E-state index contributed by atoms with van der Waals surface area (Å²) in [6, 6.07) is -0.561. The van der Waals surface area contributed by atoms with Crippen LogP contribution in [-0.4, -0.2) is 33.5 Å². The summed E-state index contributed by atoms with van der Waals surface area (Å²) in [6.07, 6.45) is 0. The molecule has 3 amide bonds. The summed E-state index contributed by atoms with van der Waals surface area (Å²) in [5.41, 5.74) is 4.21. The second-order valence-electron chi connectivity index (χ2n) is 3.04. The molecule has 1 heterocycles. The summed E-state index contributed by atoms with van der Waals surface area (Å²) >= 11 is 5.59. The molecule has 5 nitrogen and oxygen atoms in total. The molecular formula is C6H10ClN3O2. The highest BCUT2D eigenvalue weighted by Crippen LogP contribution is 2.28. The lowest BCUT2D eigenvalue weighted by Gasteiger charge is -2.19. The van der Waals surface area contributed by atoms with Crippen molar-refractivity contribution in [3.05, 3.63) is 0 Å². The fourth-order valence-electron chi connectivity index (χ4n) is 1.01. The largest absolute Gasteiger partial charge is 0.343 e. The van der Waals surface area contributed by atoms with Crippen molar-refractivity contribution in [3.8, 4) is 0 Å². The monoisotopic (exact) mass is 191 g/mol. The Morgan fingerprint density at radius 2 is 2.00 bits per heavy atom. The van der Waals surface area contributed by atoms with Crippen LogP contribution in [0.2, 0.25) is 0 Å². The van der Waals surface area contributed by atoms with Gasteiger partial charge in [0.1, 0.15) is 5.54 Å². The molecule has 1 aliphatic rings. The van der Waals surface area contributed by atoms with Crippen LogP contribution in [0.15, 0.2) is 0 Å². The van der Waals surface area contributed by atoms with E-state index in [9.17, 15) is 9.59 Å². The van der Waals surface area contributed by atoms with Crippen LogP contribution in [0.5, 0.6) is 0 Å². The number of hydrogen-bond acceptors (Lipinski definition) is 3. The summed E-state index contributed by atoms with van der Waals surface area (Å²) < 4.78 is 0.863. The fourth-order valence-corrected chi connectivity index (χ4v) is 1.17. The van der Waals surface area contributed by atoms with Crippen LogP contribution in [-0.2, 0) is 4.79 Å². The van der Waals surface area contributed by atoms with E-state index in [0.717, 1.165) is 9.32 Å². The summed E-state index contributed by atoms with van der Waals surface area (Å²) in [5.74, 6) is -0.370. The maximum absolute atomic E-state index is 11.4. The van der Waals surface area contributed by atoms with Crippen molar-refractivity contribution in [2.75, 3.05) is 6.67 Å². The zero-order valence-corrected chi connectivity index (χ0v) is 7.63. The number of urea groups is 1. The lowest BCUT2D eigenvalue weighted by molar-refractivity contribution is -0.131. The van der Waals surface area contributed by atoms with Crippen molar-refractivity contribution in [1.29, 1.82) is 0 Å². The van der Waals surface area contributed by atoms with Crippen molar-refractivity contribution in [3.63, 3.8) is 0 Å². The van der Waals surface area contributed by atoms with E-state index in [4.69, 9.17) is 17.5 Å². The van der Waals surface area contributed by atoms with Gasteiger partial charge in [0.05, 0.1) is 6.67 Å². The van der Waals surface area contributed by atoms with Gasteiger partial charge >= 0.3 is 6.03 Å². The smallest absolute Gasteiger partial charge is 0.313 e. The van der Waals surface area contributed by atoms with Crippen molar-refractivity contribution in [2.45, 2.75) is 19.4 Å². The molecule has 1 saturated heterocycles. The maximum atomic E-state index is 11.4. The minimum Gasteiger partial charge on any atom is -0.313 e. The van der Waals surface area contributed by atoms with Crippen molar-refractivity contribution in [1.82, 2.24) is 9.32 Å². The molecular weight excluding hydrogens is 182 g/mol. The van der Waals surface area contributed by atoms with E-state index in [1.807, 2.05) is 0 Å². The Labute approximate surface area is 75.2 Å². The molecule has 6 heteroatoms. The van der Waals surface area contributed by atoms with Gasteiger partial charge in [0.15, 0.2) is 0 Å². The minimum atomic E-state index is -0.988. The quantitative estimate of drug-likeness (QED) is 0.472. The number of imide groups is 1. The SMILES string of the molecule is CC1(C)C(=O)N(CN)C(=O)N1Cl. The molecule has 1 rings (SSSR count). The minimum absolute atomic E-state index is 0.135. The average molecular weight is 192 g/mol. The van der Waals surface area contributed by atoms with E-state index < -0.39 is 11.6 Å². The van der Waals surface area contributed by atoms with Crippen LogP contribution in [0.3, 0.4) is 0 Å². The van der Waals surface area contributed by atoms with Crippen LogP contribution in [0.4, 0.5) is 4.79 Å². The normalized spacial score (nSPS) is 22.3. The highest BCUT2D eigenvalue weighted by molar-refractivity contribution is 6.27. The Hall–Kier alpha value is -0.810. The van der Waals surface area contributed by atoms with Gasteiger partial charge < -0.3 is 5.73 Å². The number of carbonyl (C=O) groups is 2. The molecule has 0 radical (unpaired) electrons. The highest BCUT2D eigenvalue weighted by atomic mass is 35.5. The Bertz CT molecular complexity index is 241. The molecule has 0 bridgehead atoms. The predicted molar refractivity (Wildman–Crippen MR) is 43.1 cm³/mol. The molecule has 0 aromatic rings. The topological polar surface area (TPSA) is 66.6 Å². The third-order valence-electron chi connectivity index (χ3n) is 1.84. The molecule has 0 aromatic heterocycles. The Kier molecular flexibility index (Phi) is 2.01. The Balaban J connectivity index is 3.02. The summed E-state index contributed by atoms with van der Waals surface area (Å²) in [5, 5.41) is 0. The molecule has 12 heavy (non-hydrogen) atoms. The summed E-state index contributed by atoms with van der Waals surface area (Å²) in [6.45, 7) is 3.00. The van der Waals surface area contributed by atoms with Gasteiger partial charge in [-0.1, -0.05) is 0 Å². The first-order chi connectivity index (χ1) is 5.42. The zero-order chi connectivity index (χ0) is 9.52. The molecule has 0 unspecified atom stereocenters. The molecule has 0 aliphatic carbocycles. The van der Waals surface area contributed by atoms with Gasteiger partial charge in [-0.05, 0) is 13.8 Å². The standard InChI is InChI=1S/C6H10ClN3O2/c1-6(2)4(11)9(3-8)5(12)10(6)7/h3,8H2,1-2H3. The highest BCUT2D eigenvalue weighted by Gasteiger charge is 2.50. The molecule has 0 saturated carbocycles. The third-order valence-corrected chi connectivity index (χ3v) is 2.41. The van der Waals surface area contributed by atoms with Gasteiger partial charge in [0.2, 0.25) is 0 Å². The third kappa shape index (κ3) is 0.971. The molecule has 2 N–H and O–H groups in total. The second-order valence-corrected chi connectivity index (χ2v) is 3.38. The molecule has 0 atom stereocenters. The van der Waals surface area contributed by atoms with Crippen molar-refractivity contribution in [2.24, 2.45) is 5.73 Å². The number of amides is 3. The molecule has 0 aromatic carbocycles. The van der Waals surface area contributed by atoms with Gasteiger partial charge in [-0.2, -0.15) is 0 Å². The van der Waals surface area contributed by atoms with Gasteiger partial charge in [-0.3, -0.25) is 4.79 Å². The lowest BCUT2D eigenvalue weighted by atomic mass is 10.1. The van der Waals surface area contributed by atoms with E-state index in [1.54, 1.807) is 13.8 Å². The molecule has 1 aliphatic heterocycles. The van der Waals surface area contributed by atoms with Crippen LogP contribution in [0, 0.1) is 0 Å². The number of carbonyl (C=O) groups excluding carboxylic acids is 2. The Morgan fingerprint density at radius 3 is 2.17 bits per heavy atom. The van der Waals surface area contributed by atoms with Crippen LogP contribution in [0.1, 0.15) is 13.8 Å². The summed E-state index contributed by atoms with van der Waals surface area (Å²) in [4.78, 5) is 23.5. The summed E-state index contributed by atoms with van der Waals surface area (Å²) in [7, 11) is 0. The van der Waals surface area contributed by atoms with E-state index in [1.165, 1.54) is 0 Å². The van der Waals surface area contributed by atoms with Crippen LogP contribution >= 0.6 is 11.8 Å². The number of rotatable bonds is 1. The first-order valence-corrected chi connectivity index (χ1v) is 3.78. The number of halogens is 1. The predicted octanol–water partition coefficient (Wildman–Crippen LogP) is 0.0992. The molecule has 68 valence electrons. The van der Waals surface area contributed by atoms with E-state index in [2.05, 4.69) is 0 Å². The fraction of sp³-hybridized carbons (Fsp3) is 0.667. The van der Waals surface area contributed by atoms with Gasteiger partial charge in [0, 0.05) is 11.8 Å². The van der Waals surface area contributed by atoms with Crippen LogP contribution in [0.25, 0.3) is 0 Å². The van der Waals surface area contributed by atoms with Gasteiger partial charge in [-0.15, -0.1) is 0 Å². The maximum Gasteiger partial charge on any atom is 0.343 e. The number of hydrogen-bond donors (Lipinski definition) is 1. The van der Waals surface area contributed by atoms with E-state index in [-0.39, 0.29) is 12.6 Å². The molecule has 0 spiro atoms. The van der Waals surface area contributed by atoms with Crippen molar-refractivity contribution < 1.29 is 9.59 Å². The van der Waals surface area contributed by atoms with Crippen LogP contribution < -0.4 is 5.73 Å². The second kappa shape index (κ2) is 2.60. The number of nitrogens with zero attached hydrogens (tertiary/aromatic N) is 2. The lowest BCUT2D eigenvalue weighted by Crippen LogP contribution is -2.40. The first kappa shape index (κ1) is 9.28.